The number of rotatable bonds is 2. The van der Waals surface area contributed by atoms with Crippen molar-refractivity contribution in [3.63, 3.8) is 0 Å². The molecule has 2 aliphatic rings. The zero-order valence-electron chi connectivity index (χ0n) is 10.8. The van der Waals surface area contributed by atoms with E-state index in [0.717, 1.165) is 13.0 Å². The highest BCUT2D eigenvalue weighted by molar-refractivity contribution is 4.83. The van der Waals surface area contributed by atoms with Gasteiger partial charge in [-0.25, -0.2) is 0 Å². The van der Waals surface area contributed by atoms with Crippen molar-refractivity contribution in [2.24, 2.45) is 17.8 Å². The largest absolute Gasteiger partial charge is 0.352 e. The van der Waals surface area contributed by atoms with E-state index in [1.165, 1.54) is 6.42 Å². The molecule has 2 fully saturated rings. The molecule has 0 aromatic rings. The van der Waals surface area contributed by atoms with Gasteiger partial charge in [0.15, 0.2) is 12.6 Å². The summed E-state index contributed by atoms with van der Waals surface area (Å²) in [6.45, 7) is 9.53. The second kappa shape index (κ2) is 5.03. The third-order valence-electron chi connectivity index (χ3n) is 3.50. The zero-order chi connectivity index (χ0) is 11.7. The van der Waals surface area contributed by atoms with Crippen LogP contribution in [-0.4, -0.2) is 25.3 Å². The van der Waals surface area contributed by atoms with Crippen molar-refractivity contribution in [3.05, 3.63) is 0 Å². The van der Waals surface area contributed by atoms with Crippen LogP contribution >= 0.6 is 0 Å². The molecule has 16 heavy (non-hydrogen) atoms. The Morgan fingerprint density at radius 2 is 1.75 bits per heavy atom. The molecule has 4 atom stereocenters. The van der Waals surface area contributed by atoms with Crippen LogP contribution in [0.15, 0.2) is 0 Å². The first kappa shape index (κ1) is 12.3. The van der Waals surface area contributed by atoms with Gasteiger partial charge in [0.2, 0.25) is 0 Å². The van der Waals surface area contributed by atoms with E-state index in [-0.39, 0.29) is 18.7 Å². The van der Waals surface area contributed by atoms with Crippen LogP contribution < -0.4 is 0 Å². The Morgan fingerprint density at radius 3 is 2.38 bits per heavy atom. The van der Waals surface area contributed by atoms with Gasteiger partial charge < -0.3 is 14.2 Å². The van der Waals surface area contributed by atoms with E-state index in [0.29, 0.717) is 17.8 Å². The van der Waals surface area contributed by atoms with Crippen LogP contribution in [0.1, 0.15) is 40.5 Å². The van der Waals surface area contributed by atoms with Crippen LogP contribution in [0.5, 0.6) is 0 Å². The van der Waals surface area contributed by atoms with Crippen LogP contribution in [0.2, 0.25) is 0 Å². The van der Waals surface area contributed by atoms with Crippen molar-refractivity contribution in [2.75, 3.05) is 6.61 Å². The SMILES string of the molecule is CC(C)[C@H]1O[C@H]2OCCC[C@H]2[C@H](C(C)C)O1. The standard InChI is InChI=1S/C13H24O3/c1-8(2)11-10-6-5-7-14-13(10)16-12(15-11)9(3)4/h8-13H,5-7H2,1-4H3/t10-,11-,12+,13+/m0/s1. The summed E-state index contributed by atoms with van der Waals surface area (Å²) in [5.74, 6) is 1.33. The Labute approximate surface area is 98.4 Å². The molecule has 0 bridgehead atoms. The first-order valence-corrected chi connectivity index (χ1v) is 6.52. The summed E-state index contributed by atoms with van der Waals surface area (Å²) >= 11 is 0. The van der Waals surface area contributed by atoms with Gasteiger partial charge in [0.25, 0.3) is 0 Å². The van der Waals surface area contributed by atoms with Gasteiger partial charge in [-0.2, -0.15) is 0 Å². The van der Waals surface area contributed by atoms with Crippen molar-refractivity contribution >= 4 is 0 Å². The van der Waals surface area contributed by atoms with Gasteiger partial charge in [-0.15, -0.1) is 0 Å². The summed E-state index contributed by atoms with van der Waals surface area (Å²) in [4.78, 5) is 0. The van der Waals surface area contributed by atoms with E-state index in [1.807, 2.05) is 0 Å². The molecule has 0 N–H and O–H groups in total. The Balaban J connectivity index is 2.09. The van der Waals surface area contributed by atoms with E-state index in [2.05, 4.69) is 27.7 Å². The highest BCUT2D eigenvalue weighted by Crippen LogP contribution is 2.37. The minimum absolute atomic E-state index is 0.0395. The predicted molar refractivity (Wildman–Crippen MR) is 61.9 cm³/mol. The highest BCUT2D eigenvalue weighted by Gasteiger charge is 2.43. The second-order valence-corrected chi connectivity index (χ2v) is 5.64. The van der Waals surface area contributed by atoms with Crippen LogP contribution in [0, 0.1) is 17.8 Å². The van der Waals surface area contributed by atoms with Crippen LogP contribution in [0.4, 0.5) is 0 Å². The van der Waals surface area contributed by atoms with Crippen LogP contribution in [0.25, 0.3) is 0 Å². The summed E-state index contributed by atoms with van der Waals surface area (Å²) in [7, 11) is 0. The number of fused-ring (bicyclic) bond motifs is 1. The highest BCUT2D eigenvalue weighted by atomic mass is 16.8. The zero-order valence-corrected chi connectivity index (χ0v) is 10.8. The molecule has 0 saturated carbocycles. The maximum Gasteiger partial charge on any atom is 0.166 e. The van der Waals surface area contributed by atoms with Gasteiger partial charge >= 0.3 is 0 Å². The molecule has 3 heteroatoms. The molecule has 2 aliphatic heterocycles. The maximum atomic E-state index is 6.08. The van der Waals surface area contributed by atoms with Crippen molar-refractivity contribution in [1.82, 2.24) is 0 Å². The van der Waals surface area contributed by atoms with Crippen molar-refractivity contribution in [1.29, 1.82) is 0 Å². The molecule has 0 unspecified atom stereocenters. The summed E-state index contributed by atoms with van der Waals surface area (Å²) < 4.78 is 17.7. The van der Waals surface area contributed by atoms with Crippen molar-refractivity contribution in [2.45, 2.75) is 59.2 Å². The third-order valence-corrected chi connectivity index (χ3v) is 3.50. The smallest absolute Gasteiger partial charge is 0.166 e. The molecule has 94 valence electrons. The predicted octanol–water partition coefficient (Wildman–Crippen LogP) is 2.79. The fraction of sp³-hybridized carbons (Fsp3) is 1.00. The number of hydrogen-bond acceptors (Lipinski definition) is 3. The van der Waals surface area contributed by atoms with E-state index in [9.17, 15) is 0 Å². The van der Waals surface area contributed by atoms with E-state index in [4.69, 9.17) is 14.2 Å². The molecule has 0 aromatic heterocycles. The lowest BCUT2D eigenvalue weighted by Crippen LogP contribution is -2.52. The quantitative estimate of drug-likeness (QED) is 0.727. The van der Waals surface area contributed by atoms with Gasteiger partial charge in [-0.05, 0) is 18.8 Å². The molecule has 0 radical (unpaired) electrons. The van der Waals surface area contributed by atoms with Gasteiger partial charge in [-0.1, -0.05) is 27.7 Å². The van der Waals surface area contributed by atoms with Crippen LogP contribution in [-0.2, 0) is 14.2 Å². The fourth-order valence-electron chi connectivity index (χ4n) is 2.62. The first-order valence-electron chi connectivity index (χ1n) is 6.52. The average Bonchev–Trinajstić information content (AvgIpc) is 2.27. The molecule has 2 heterocycles. The summed E-state index contributed by atoms with van der Waals surface area (Å²) in [5.41, 5.74) is 0. The van der Waals surface area contributed by atoms with Crippen LogP contribution in [0.3, 0.4) is 0 Å². The Morgan fingerprint density at radius 1 is 1.00 bits per heavy atom. The minimum Gasteiger partial charge on any atom is -0.352 e. The molecule has 3 nitrogen and oxygen atoms in total. The monoisotopic (exact) mass is 228 g/mol. The van der Waals surface area contributed by atoms with E-state index < -0.39 is 0 Å². The normalized spacial score (nSPS) is 40.1. The lowest BCUT2D eigenvalue weighted by atomic mass is 9.86. The van der Waals surface area contributed by atoms with Crippen molar-refractivity contribution in [3.8, 4) is 0 Å². The minimum atomic E-state index is -0.105. The summed E-state index contributed by atoms with van der Waals surface area (Å²) in [6.07, 6.45) is 2.43. The van der Waals surface area contributed by atoms with Crippen molar-refractivity contribution < 1.29 is 14.2 Å². The Kier molecular flexibility index (Phi) is 3.88. The third kappa shape index (κ3) is 2.41. The Bertz CT molecular complexity index is 227. The lowest BCUT2D eigenvalue weighted by molar-refractivity contribution is -0.358. The number of ether oxygens (including phenoxy) is 3. The van der Waals surface area contributed by atoms with Gasteiger partial charge in [0, 0.05) is 18.4 Å². The van der Waals surface area contributed by atoms with Gasteiger partial charge in [-0.3, -0.25) is 0 Å². The number of hydrogen-bond donors (Lipinski definition) is 0. The molecule has 0 spiro atoms. The van der Waals surface area contributed by atoms with Gasteiger partial charge in [0.1, 0.15) is 0 Å². The summed E-state index contributed by atoms with van der Waals surface area (Å²) in [5, 5.41) is 0. The van der Waals surface area contributed by atoms with Gasteiger partial charge in [0.05, 0.1) is 6.10 Å². The first-order chi connectivity index (χ1) is 7.59. The molecule has 0 aromatic carbocycles. The van der Waals surface area contributed by atoms with E-state index >= 15 is 0 Å². The average molecular weight is 228 g/mol. The molecule has 2 rings (SSSR count). The van der Waals surface area contributed by atoms with E-state index in [1.54, 1.807) is 0 Å². The maximum absolute atomic E-state index is 6.08. The second-order valence-electron chi connectivity index (χ2n) is 5.64. The molecule has 0 aliphatic carbocycles. The molecule has 0 amide bonds. The molecular formula is C13H24O3. The summed E-state index contributed by atoms with van der Waals surface area (Å²) in [6, 6.07) is 0. The Hall–Kier alpha value is -0.120. The topological polar surface area (TPSA) is 27.7 Å². The lowest BCUT2D eigenvalue weighted by Gasteiger charge is -2.46. The fourth-order valence-corrected chi connectivity index (χ4v) is 2.62. The molecule has 2 saturated heterocycles. The molecular weight excluding hydrogens is 204 g/mol.